The van der Waals surface area contributed by atoms with Crippen LogP contribution in [-0.2, 0) is 0 Å². The first kappa shape index (κ1) is 8.72. The lowest BCUT2D eigenvalue weighted by Gasteiger charge is -2.22. The second-order valence-electron chi connectivity index (χ2n) is 2.64. The lowest BCUT2D eigenvalue weighted by Crippen LogP contribution is -2.15. The molecule has 0 atom stereocenters. The molecule has 0 amide bonds. The second-order valence-corrected chi connectivity index (χ2v) is 5.41. The standard InChI is InChI=1S/C7H13FS2/c1-9-10-7-4-2-6(8)3-5-7/h6-7H,2-5H2,1H3. The molecule has 0 aromatic heterocycles. The van der Waals surface area contributed by atoms with Gasteiger partial charge >= 0.3 is 0 Å². The van der Waals surface area contributed by atoms with E-state index in [1.807, 2.05) is 10.8 Å². The van der Waals surface area contributed by atoms with E-state index in [4.69, 9.17) is 0 Å². The molecule has 0 heterocycles. The zero-order chi connectivity index (χ0) is 7.40. The monoisotopic (exact) mass is 180 g/mol. The van der Waals surface area contributed by atoms with Crippen LogP contribution in [0.5, 0.6) is 0 Å². The van der Waals surface area contributed by atoms with Crippen LogP contribution < -0.4 is 0 Å². The first-order valence-electron chi connectivity index (χ1n) is 3.66. The number of rotatable bonds is 2. The highest BCUT2D eigenvalue weighted by Gasteiger charge is 2.20. The maximum absolute atomic E-state index is 12.6. The van der Waals surface area contributed by atoms with E-state index in [2.05, 4.69) is 6.26 Å². The van der Waals surface area contributed by atoms with Crippen molar-refractivity contribution in [3.05, 3.63) is 0 Å². The Balaban J connectivity index is 2.13. The molecule has 0 aromatic carbocycles. The summed E-state index contributed by atoms with van der Waals surface area (Å²) in [6.45, 7) is 0. The Morgan fingerprint density at radius 3 is 2.30 bits per heavy atom. The largest absolute Gasteiger partial charge is 0.247 e. The average Bonchev–Trinajstić information content (AvgIpc) is 1.95. The number of alkyl halides is 1. The van der Waals surface area contributed by atoms with E-state index in [1.165, 1.54) is 0 Å². The lowest BCUT2D eigenvalue weighted by atomic mass is 9.99. The van der Waals surface area contributed by atoms with Crippen molar-refractivity contribution in [2.45, 2.75) is 37.1 Å². The highest BCUT2D eigenvalue weighted by Crippen LogP contribution is 2.35. The molecular formula is C7H13FS2. The Bertz CT molecular complexity index is 89.6. The molecule has 0 saturated heterocycles. The molecule has 0 aliphatic heterocycles. The van der Waals surface area contributed by atoms with Gasteiger partial charge in [0.05, 0.1) is 0 Å². The topological polar surface area (TPSA) is 0 Å². The molecule has 0 unspecified atom stereocenters. The summed E-state index contributed by atoms with van der Waals surface area (Å²) in [5, 5.41) is 0.724. The van der Waals surface area contributed by atoms with Gasteiger partial charge in [0.2, 0.25) is 0 Å². The van der Waals surface area contributed by atoms with E-state index in [9.17, 15) is 4.39 Å². The highest BCUT2D eigenvalue weighted by atomic mass is 33.1. The van der Waals surface area contributed by atoms with Crippen LogP contribution >= 0.6 is 21.6 Å². The summed E-state index contributed by atoms with van der Waals surface area (Å²) in [7, 11) is 3.71. The van der Waals surface area contributed by atoms with Gasteiger partial charge in [-0.2, -0.15) is 0 Å². The third-order valence-electron chi connectivity index (χ3n) is 1.84. The van der Waals surface area contributed by atoms with Crippen LogP contribution in [-0.4, -0.2) is 17.7 Å². The normalized spacial score (nSPS) is 34.2. The third kappa shape index (κ3) is 2.70. The molecule has 1 saturated carbocycles. The molecule has 0 nitrogen and oxygen atoms in total. The van der Waals surface area contributed by atoms with E-state index >= 15 is 0 Å². The SMILES string of the molecule is CSSC1CCC(F)CC1. The van der Waals surface area contributed by atoms with Gasteiger partial charge in [-0.05, 0) is 31.9 Å². The summed E-state index contributed by atoms with van der Waals surface area (Å²) in [4.78, 5) is 0. The van der Waals surface area contributed by atoms with Crippen LogP contribution in [0, 0.1) is 0 Å². The molecule has 0 radical (unpaired) electrons. The van der Waals surface area contributed by atoms with E-state index in [1.54, 1.807) is 10.8 Å². The lowest BCUT2D eigenvalue weighted by molar-refractivity contribution is 0.255. The smallest absolute Gasteiger partial charge is 0.100 e. The fourth-order valence-corrected chi connectivity index (χ4v) is 3.39. The van der Waals surface area contributed by atoms with Crippen LogP contribution in [0.3, 0.4) is 0 Å². The minimum Gasteiger partial charge on any atom is -0.247 e. The van der Waals surface area contributed by atoms with Gasteiger partial charge in [-0.25, -0.2) is 4.39 Å². The molecule has 0 bridgehead atoms. The highest BCUT2D eigenvalue weighted by molar-refractivity contribution is 8.76. The molecule has 3 heteroatoms. The first-order chi connectivity index (χ1) is 4.83. The molecule has 10 heavy (non-hydrogen) atoms. The maximum atomic E-state index is 12.6. The van der Waals surface area contributed by atoms with Crippen molar-refractivity contribution in [2.75, 3.05) is 6.26 Å². The molecule has 1 aliphatic carbocycles. The van der Waals surface area contributed by atoms with Gasteiger partial charge in [-0.3, -0.25) is 0 Å². The van der Waals surface area contributed by atoms with Crippen LogP contribution in [0.4, 0.5) is 4.39 Å². The van der Waals surface area contributed by atoms with Gasteiger partial charge < -0.3 is 0 Å². The molecule has 1 aliphatic rings. The molecular weight excluding hydrogens is 167 g/mol. The fraction of sp³-hybridized carbons (Fsp3) is 1.00. The Labute approximate surface area is 69.7 Å². The molecule has 1 fully saturated rings. The molecule has 1 rings (SSSR count). The van der Waals surface area contributed by atoms with Gasteiger partial charge in [0.15, 0.2) is 0 Å². The Morgan fingerprint density at radius 2 is 1.80 bits per heavy atom. The van der Waals surface area contributed by atoms with E-state index in [0.29, 0.717) is 0 Å². The summed E-state index contributed by atoms with van der Waals surface area (Å²) in [6, 6.07) is 0. The van der Waals surface area contributed by atoms with Gasteiger partial charge in [0.25, 0.3) is 0 Å². The van der Waals surface area contributed by atoms with Crippen molar-refractivity contribution in [3.63, 3.8) is 0 Å². The van der Waals surface area contributed by atoms with Crippen molar-refractivity contribution < 1.29 is 4.39 Å². The number of hydrogen-bond donors (Lipinski definition) is 0. The number of hydrogen-bond acceptors (Lipinski definition) is 2. The van der Waals surface area contributed by atoms with Crippen LogP contribution in [0.1, 0.15) is 25.7 Å². The number of halogens is 1. The van der Waals surface area contributed by atoms with E-state index in [-0.39, 0.29) is 0 Å². The summed E-state index contributed by atoms with van der Waals surface area (Å²) < 4.78 is 12.6. The van der Waals surface area contributed by atoms with Crippen LogP contribution in [0.2, 0.25) is 0 Å². The zero-order valence-electron chi connectivity index (χ0n) is 6.18. The van der Waals surface area contributed by atoms with Crippen LogP contribution in [0.15, 0.2) is 0 Å². The van der Waals surface area contributed by atoms with Gasteiger partial charge in [-0.1, -0.05) is 21.6 Å². The quantitative estimate of drug-likeness (QED) is 0.598. The van der Waals surface area contributed by atoms with Crippen molar-refractivity contribution >= 4 is 21.6 Å². The Morgan fingerprint density at radius 1 is 1.20 bits per heavy atom. The second kappa shape index (κ2) is 4.50. The van der Waals surface area contributed by atoms with Crippen molar-refractivity contribution in [1.29, 1.82) is 0 Å². The third-order valence-corrected chi connectivity index (χ3v) is 4.17. The Hall–Kier alpha value is 0.630. The van der Waals surface area contributed by atoms with E-state index in [0.717, 1.165) is 30.9 Å². The molecule has 0 aromatic rings. The summed E-state index contributed by atoms with van der Waals surface area (Å²) in [6.07, 6.45) is 5.32. The average molecular weight is 180 g/mol. The van der Waals surface area contributed by atoms with Crippen LogP contribution in [0.25, 0.3) is 0 Å². The van der Waals surface area contributed by atoms with E-state index < -0.39 is 6.17 Å². The zero-order valence-corrected chi connectivity index (χ0v) is 7.81. The fourth-order valence-electron chi connectivity index (χ4n) is 1.25. The minimum atomic E-state index is -0.501. The van der Waals surface area contributed by atoms with Crippen molar-refractivity contribution in [3.8, 4) is 0 Å². The van der Waals surface area contributed by atoms with Crippen molar-refractivity contribution in [2.24, 2.45) is 0 Å². The summed E-state index contributed by atoms with van der Waals surface area (Å²) in [5.41, 5.74) is 0. The van der Waals surface area contributed by atoms with Gasteiger partial charge in [-0.15, -0.1) is 0 Å². The summed E-state index contributed by atoms with van der Waals surface area (Å²) >= 11 is 0. The minimum absolute atomic E-state index is 0.501. The van der Waals surface area contributed by atoms with Crippen molar-refractivity contribution in [1.82, 2.24) is 0 Å². The molecule has 0 spiro atoms. The predicted molar refractivity (Wildman–Crippen MR) is 48.3 cm³/mol. The summed E-state index contributed by atoms with van der Waals surface area (Å²) in [5.74, 6) is 0. The molecule has 60 valence electrons. The predicted octanol–water partition coefficient (Wildman–Crippen LogP) is 3.28. The maximum Gasteiger partial charge on any atom is 0.100 e. The van der Waals surface area contributed by atoms with Gasteiger partial charge in [0, 0.05) is 5.25 Å². The van der Waals surface area contributed by atoms with Gasteiger partial charge in [0.1, 0.15) is 6.17 Å². The Kier molecular flexibility index (Phi) is 3.92. The molecule has 0 N–H and O–H groups in total. The first-order valence-corrected chi connectivity index (χ1v) is 6.28.